The number of nitrogens with zero attached hydrogens (tertiary/aromatic N) is 2. The normalized spacial score (nSPS) is 24.0. The third-order valence-corrected chi connectivity index (χ3v) is 7.65. The number of fused-ring (bicyclic) bond motifs is 1. The van der Waals surface area contributed by atoms with Crippen LogP contribution < -0.4 is 14.8 Å². The zero-order valence-corrected chi connectivity index (χ0v) is 23.2. The van der Waals surface area contributed by atoms with Gasteiger partial charge < -0.3 is 24.6 Å². The predicted octanol–water partition coefficient (Wildman–Crippen LogP) is 4.09. The van der Waals surface area contributed by atoms with E-state index in [1.807, 2.05) is 30.1 Å². The number of nitro groups is 1. The molecule has 11 nitrogen and oxygen atoms in total. The monoisotopic (exact) mass is 553 g/mol. The van der Waals surface area contributed by atoms with Crippen LogP contribution in [0.3, 0.4) is 0 Å². The highest BCUT2D eigenvalue weighted by Gasteiger charge is 2.56. The highest BCUT2D eigenvalue weighted by atomic mass is 16.6. The van der Waals surface area contributed by atoms with Gasteiger partial charge in [-0.3, -0.25) is 19.8 Å². The first-order valence-electron chi connectivity index (χ1n) is 13.2. The molecule has 2 aliphatic heterocycles. The van der Waals surface area contributed by atoms with Gasteiger partial charge >= 0.3 is 11.9 Å². The number of carbonyl (C=O) groups is 2. The molecular weight excluding hydrogens is 518 g/mol. The summed E-state index contributed by atoms with van der Waals surface area (Å²) in [5.74, 6) is -1.59. The summed E-state index contributed by atoms with van der Waals surface area (Å²) in [6.45, 7) is 7.38. The number of para-hydroxylation sites is 2. The van der Waals surface area contributed by atoms with Crippen molar-refractivity contribution in [2.24, 2.45) is 5.41 Å². The number of esters is 1. The molecule has 4 atom stereocenters. The van der Waals surface area contributed by atoms with Gasteiger partial charge in [-0.15, -0.1) is 0 Å². The molecule has 214 valence electrons. The zero-order chi connectivity index (χ0) is 29.2. The number of carboxylic acid groups (broad SMARTS) is 1. The van der Waals surface area contributed by atoms with Crippen LogP contribution in [0.15, 0.2) is 59.8 Å². The van der Waals surface area contributed by atoms with Gasteiger partial charge in [0.15, 0.2) is 17.7 Å². The average molecular weight is 554 g/mol. The second kappa shape index (κ2) is 11.5. The molecule has 2 N–H and O–H groups in total. The Bertz CT molecular complexity index is 1330. The van der Waals surface area contributed by atoms with E-state index in [0.29, 0.717) is 22.8 Å². The van der Waals surface area contributed by atoms with Crippen molar-refractivity contribution in [3.63, 3.8) is 0 Å². The van der Waals surface area contributed by atoms with E-state index in [9.17, 15) is 24.8 Å². The van der Waals surface area contributed by atoms with Gasteiger partial charge in [0.25, 0.3) is 5.69 Å². The molecule has 4 rings (SSSR count). The molecule has 0 spiro atoms. The summed E-state index contributed by atoms with van der Waals surface area (Å²) in [5.41, 5.74) is -0.791. The lowest BCUT2D eigenvalue weighted by atomic mass is 9.60. The number of nitro benzene ring substituents is 1. The fourth-order valence-electron chi connectivity index (χ4n) is 5.59. The van der Waals surface area contributed by atoms with Crippen molar-refractivity contribution in [1.82, 2.24) is 10.2 Å². The van der Waals surface area contributed by atoms with Crippen LogP contribution in [0.5, 0.6) is 11.5 Å². The van der Waals surface area contributed by atoms with Gasteiger partial charge in [0.2, 0.25) is 0 Å². The molecule has 40 heavy (non-hydrogen) atoms. The minimum atomic E-state index is -1.57. The highest BCUT2D eigenvalue weighted by Crippen LogP contribution is 2.51. The number of non-ortho nitro benzene ring substituents is 1. The minimum absolute atomic E-state index is 0.0909. The molecule has 4 unspecified atom stereocenters. The molecule has 2 aliphatic rings. The Hall–Kier alpha value is -4.12. The van der Waals surface area contributed by atoms with Crippen molar-refractivity contribution < 1.29 is 33.8 Å². The number of hydrogen-bond donors (Lipinski definition) is 2. The van der Waals surface area contributed by atoms with Gasteiger partial charge in [-0.1, -0.05) is 24.3 Å². The second-order valence-corrected chi connectivity index (χ2v) is 10.6. The maximum Gasteiger partial charge on any atom is 0.336 e. The van der Waals surface area contributed by atoms with E-state index < -0.39 is 46.6 Å². The van der Waals surface area contributed by atoms with Crippen LogP contribution in [0.4, 0.5) is 5.69 Å². The van der Waals surface area contributed by atoms with Crippen LogP contribution in [0, 0.1) is 15.5 Å². The van der Waals surface area contributed by atoms with Crippen molar-refractivity contribution >= 4 is 17.6 Å². The lowest BCUT2D eigenvalue weighted by Gasteiger charge is -2.48. The third-order valence-electron chi connectivity index (χ3n) is 7.65. The lowest BCUT2D eigenvalue weighted by molar-refractivity contribution is -0.384. The average Bonchev–Trinajstić information content (AvgIpc) is 2.91. The van der Waals surface area contributed by atoms with E-state index in [1.54, 1.807) is 39.8 Å². The fourth-order valence-corrected chi connectivity index (χ4v) is 5.59. The van der Waals surface area contributed by atoms with Crippen molar-refractivity contribution in [3.8, 4) is 11.5 Å². The Morgan fingerprint density at radius 2 is 1.93 bits per heavy atom. The number of benzene rings is 2. The minimum Gasteiger partial charge on any atom is -0.484 e. The van der Waals surface area contributed by atoms with Crippen LogP contribution in [0.25, 0.3) is 0 Å². The molecule has 2 aromatic carbocycles. The van der Waals surface area contributed by atoms with Gasteiger partial charge in [-0.2, -0.15) is 0 Å². The largest absolute Gasteiger partial charge is 0.484 e. The van der Waals surface area contributed by atoms with E-state index in [1.165, 1.54) is 18.2 Å². The first-order valence-corrected chi connectivity index (χ1v) is 13.2. The van der Waals surface area contributed by atoms with Crippen molar-refractivity contribution in [3.05, 3.63) is 75.5 Å². The van der Waals surface area contributed by atoms with Crippen molar-refractivity contribution in [2.75, 3.05) is 20.2 Å². The Morgan fingerprint density at radius 3 is 2.58 bits per heavy atom. The molecule has 0 amide bonds. The first-order chi connectivity index (χ1) is 19.0. The first kappa shape index (κ1) is 28.9. The summed E-state index contributed by atoms with van der Waals surface area (Å²) in [5, 5.41) is 25.7. The summed E-state index contributed by atoms with van der Waals surface area (Å²) < 4.78 is 17.5. The maximum absolute atomic E-state index is 13.4. The molecular formula is C29H35N3O8. The number of hydrogen-bond acceptors (Lipinski definition) is 9. The van der Waals surface area contributed by atoms with Gasteiger partial charge in [0, 0.05) is 36.3 Å². The molecule has 0 aliphatic carbocycles. The number of carbonyl (C=O) groups excluding carboxylic acids is 1. The molecule has 0 saturated heterocycles. The van der Waals surface area contributed by atoms with E-state index in [4.69, 9.17) is 14.2 Å². The van der Waals surface area contributed by atoms with Gasteiger partial charge in [0.05, 0.1) is 22.0 Å². The van der Waals surface area contributed by atoms with Gasteiger partial charge in [-0.05, 0) is 58.9 Å². The van der Waals surface area contributed by atoms with E-state index in [0.717, 1.165) is 0 Å². The maximum atomic E-state index is 13.4. The fraction of sp³-hybridized carbons (Fsp3) is 0.448. The Kier molecular flexibility index (Phi) is 8.34. The number of allylic oxidation sites excluding steroid dienone is 1. The van der Waals surface area contributed by atoms with E-state index in [-0.39, 0.29) is 30.8 Å². The predicted molar refractivity (Wildman–Crippen MR) is 146 cm³/mol. The molecule has 2 aromatic rings. The zero-order valence-electron chi connectivity index (χ0n) is 23.2. The number of nitrogens with one attached hydrogen (secondary N) is 1. The number of rotatable bonds is 9. The van der Waals surface area contributed by atoms with E-state index in [2.05, 4.69) is 5.32 Å². The molecule has 11 heteroatoms. The SMILES string of the molecule is CC1=C(C(=O)OC(C)C)C(c2cccc([N+](=O)[O-])c2)C(CCN(C)C2COc3ccccc3O2)(C(=O)O)C(C)N1. The van der Waals surface area contributed by atoms with Crippen LogP contribution in [-0.4, -0.2) is 65.4 Å². The molecule has 0 radical (unpaired) electrons. The molecule has 0 aromatic heterocycles. The van der Waals surface area contributed by atoms with E-state index >= 15 is 0 Å². The van der Waals surface area contributed by atoms with Crippen LogP contribution in [-0.2, 0) is 14.3 Å². The Balaban J connectivity index is 1.75. The third kappa shape index (κ3) is 5.46. The lowest BCUT2D eigenvalue weighted by Crippen LogP contribution is -2.58. The summed E-state index contributed by atoms with van der Waals surface area (Å²) in [4.78, 5) is 39.7. The number of likely N-dealkylation sites (N-methyl/N-ethyl adjacent to an activating group) is 1. The summed E-state index contributed by atoms with van der Waals surface area (Å²) in [6.07, 6.45) is -0.825. The second-order valence-electron chi connectivity index (χ2n) is 10.6. The van der Waals surface area contributed by atoms with Crippen molar-refractivity contribution in [1.29, 1.82) is 0 Å². The Labute approximate surface area is 232 Å². The highest BCUT2D eigenvalue weighted by molar-refractivity contribution is 5.94. The Morgan fingerprint density at radius 1 is 1.23 bits per heavy atom. The van der Waals surface area contributed by atoms with Gasteiger partial charge in [-0.25, -0.2) is 4.79 Å². The van der Waals surface area contributed by atoms with Crippen LogP contribution in [0.2, 0.25) is 0 Å². The van der Waals surface area contributed by atoms with Crippen LogP contribution >= 0.6 is 0 Å². The molecule has 0 fully saturated rings. The summed E-state index contributed by atoms with van der Waals surface area (Å²) >= 11 is 0. The summed E-state index contributed by atoms with van der Waals surface area (Å²) in [7, 11) is 1.82. The summed E-state index contributed by atoms with van der Waals surface area (Å²) in [6, 6.07) is 12.5. The standard InChI is InChI=1S/C29H35N3O8/c1-17(2)39-27(33)25-18(3)30-19(4)29(28(34)35,26(25)20-9-8-10-21(15-20)32(36)37)13-14-31(5)24-16-38-22-11-6-7-12-23(22)40-24/h6-12,15,17,19,24,26,30H,13-14,16H2,1-5H3,(H,34,35). The number of carboxylic acids is 1. The number of aliphatic carboxylic acids is 1. The topological polar surface area (TPSA) is 140 Å². The van der Waals surface area contributed by atoms with Crippen LogP contribution in [0.1, 0.15) is 45.6 Å². The smallest absolute Gasteiger partial charge is 0.336 e. The molecule has 2 heterocycles. The quantitative estimate of drug-likeness (QED) is 0.265. The molecule has 0 bridgehead atoms. The van der Waals surface area contributed by atoms with Gasteiger partial charge in [0.1, 0.15) is 6.61 Å². The molecule has 0 saturated carbocycles. The number of ether oxygens (including phenoxy) is 3. The van der Waals surface area contributed by atoms with Crippen molar-refractivity contribution in [2.45, 2.75) is 58.4 Å².